The molecule has 0 spiro atoms. The quantitative estimate of drug-likeness (QED) is 0.795. The van der Waals surface area contributed by atoms with E-state index in [4.69, 9.17) is 0 Å². The minimum atomic E-state index is -0.559. The first kappa shape index (κ1) is 22.4. The molecule has 10 heteroatoms. The SMILES string of the molecule is Cl.Cl.O=C(N1CCCN(c2cccnn2)CC1)C1(n2cccn2)CCNCC1. The number of hydrogen-bond donors (Lipinski definition) is 1. The molecule has 2 aliphatic rings. The molecule has 0 radical (unpaired) electrons. The fraction of sp³-hybridized carbons (Fsp3) is 0.556. The number of nitrogens with one attached hydrogen (secondary N) is 1. The van der Waals surface area contributed by atoms with Crippen molar-refractivity contribution < 1.29 is 4.79 Å². The lowest BCUT2D eigenvalue weighted by Gasteiger charge is -2.40. The van der Waals surface area contributed by atoms with Crippen LogP contribution in [0.25, 0.3) is 0 Å². The summed E-state index contributed by atoms with van der Waals surface area (Å²) in [6.45, 7) is 4.81. The van der Waals surface area contributed by atoms with Gasteiger partial charge in [0.1, 0.15) is 5.54 Å². The van der Waals surface area contributed by atoms with Crippen LogP contribution < -0.4 is 10.2 Å². The highest BCUT2D eigenvalue weighted by Gasteiger charge is 2.44. The van der Waals surface area contributed by atoms with Crippen molar-refractivity contribution in [1.82, 2.24) is 30.2 Å². The van der Waals surface area contributed by atoms with E-state index in [1.807, 2.05) is 34.0 Å². The maximum atomic E-state index is 13.6. The lowest BCUT2D eigenvalue weighted by molar-refractivity contribution is -0.143. The Kier molecular flexibility index (Phi) is 8.03. The van der Waals surface area contributed by atoms with Gasteiger partial charge in [-0.05, 0) is 50.6 Å². The second-order valence-electron chi connectivity index (χ2n) is 6.95. The monoisotopic (exact) mass is 427 g/mol. The van der Waals surface area contributed by atoms with Gasteiger partial charge in [-0.3, -0.25) is 9.48 Å². The second kappa shape index (κ2) is 10.0. The Hall–Kier alpha value is -1.90. The van der Waals surface area contributed by atoms with E-state index < -0.39 is 5.54 Å². The minimum Gasteiger partial charge on any atom is -0.353 e. The van der Waals surface area contributed by atoms with Gasteiger partial charge in [0.25, 0.3) is 5.91 Å². The molecule has 0 saturated carbocycles. The number of hydrogen-bond acceptors (Lipinski definition) is 6. The summed E-state index contributed by atoms with van der Waals surface area (Å²) in [5.74, 6) is 1.08. The number of halogens is 2. The predicted octanol–water partition coefficient (Wildman–Crippen LogP) is 1.33. The summed E-state index contributed by atoms with van der Waals surface area (Å²) in [6.07, 6.45) is 7.84. The molecule has 0 bridgehead atoms. The van der Waals surface area contributed by atoms with E-state index in [0.717, 1.165) is 57.8 Å². The van der Waals surface area contributed by atoms with Crippen molar-refractivity contribution in [3.8, 4) is 0 Å². The fourth-order valence-electron chi connectivity index (χ4n) is 4.01. The van der Waals surface area contributed by atoms with Crippen molar-refractivity contribution in [2.45, 2.75) is 24.8 Å². The van der Waals surface area contributed by atoms with E-state index in [0.29, 0.717) is 6.54 Å². The average molecular weight is 428 g/mol. The molecule has 0 unspecified atom stereocenters. The molecule has 0 aromatic carbocycles. The maximum Gasteiger partial charge on any atom is 0.250 e. The van der Waals surface area contributed by atoms with Crippen LogP contribution in [0.1, 0.15) is 19.3 Å². The van der Waals surface area contributed by atoms with Gasteiger partial charge in [-0.1, -0.05) is 0 Å². The molecule has 8 nitrogen and oxygen atoms in total. The summed E-state index contributed by atoms with van der Waals surface area (Å²) in [5.41, 5.74) is -0.559. The van der Waals surface area contributed by atoms with Crippen LogP contribution in [-0.4, -0.2) is 70.1 Å². The van der Waals surface area contributed by atoms with Crippen molar-refractivity contribution in [2.24, 2.45) is 0 Å². The van der Waals surface area contributed by atoms with E-state index in [2.05, 4.69) is 25.5 Å². The van der Waals surface area contributed by atoms with Crippen LogP contribution in [0.5, 0.6) is 0 Å². The van der Waals surface area contributed by atoms with E-state index in [1.54, 1.807) is 12.4 Å². The smallest absolute Gasteiger partial charge is 0.250 e. The van der Waals surface area contributed by atoms with Crippen molar-refractivity contribution in [3.63, 3.8) is 0 Å². The van der Waals surface area contributed by atoms with Crippen LogP contribution >= 0.6 is 24.8 Å². The Morgan fingerprint density at radius 1 is 1.04 bits per heavy atom. The van der Waals surface area contributed by atoms with Crippen molar-refractivity contribution >= 4 is 36.5 Å². The number of piperidine rings is 1. The highest BCUT2D eigenvalue weighted by atomic mass is 35.5. The zero-order chi connectivity index (χ0) is 17.8. The Bertz CT molecular complexity index is 723. The summed E-state index contributed by atoms with van der Waals surface area (Å²) < 4.78 is 1.88. The third kappa shape index (κ3) is 4.39. The third-order valence-corrected chi connectivity index (χ3v) is 5.44. The zero-order valence-electron chi connectivity index (χ0n) is 15.7. The predicted molar refractivity (Wildman–Crippen MR) is 112 cm³/mol. The first-order chi connectivity index (χ1) is 12.8. The summed E-state index contributed by atoms with van der Waals surface area (Å²) in [6, 6.07) is 5.77. The van der Waals surface area contributed by atoms with Crippen molar-refractivity contribution in [1.29, 1.82) is 0 Å². The molecule has 2 aromatic rings. The average Bonchev–Trinajstić information content (AvgIpc) is 3.14. The van der Waals surface area contributed by atoms with Crippen molar-refractivity contribution in [3.05, 3.63) is 36.8 Å². The van der Waals surface area contributed by atoms with E-state index >= 15 is 0 Å². The zero-order valence-corrected chi connectivity index (χ0v) is 17.4. The highest BCUT2D eigenvalue weighted by molar-refractivity contribution is 5.86. The van der Waals surface area contributed by atoms with Gasteiger partial charge in [-0.25, -0.2) is 0 Å². The second-order valence-corrected chi connectivity index (χ2v) is 6.95. The van der Waals surface area contributed by atoms with Gasteiger partial charge in [0.05, 0.1) is 0 Å². The standard InChI is InChI=1S/C18H25N7O.2ClH/c26-17(18(5-9-19-10-6-18)25-13-2-8-21-25)24-12-3-11-23(14-15-24)16-4-1-7-20-22-16;;/h1-2,4,7-8,13,19H,3,5-6,9-12,14-15H2;2*1H. The molecule has 0 atom stereocenters. The minimum absolute atomic E-state index is 0. The Balaban J connectivity index is 0.00000140. The Labute approximate surface area is 177 Å². The van der Waals surface area contributed by atoms with Gasteiger partial charge in [0, 0.05) is 44.8 Å². The molecule has 2 fully saturated rings. The number of rotatable bonds is 3. The van der Waals surface area contributed by atoms with Gasteiger partial charge in [0.15, 0.2) is 5.82 Å². The van der Waals surface area contributed by atoms with Gasteiger partial charge in [-0.2, -0.15) is 10.2 Å². The van der Waals surface area contributed by atoms with E-state index in [-0.39, 0.29) is 30.7 Å². The molecule has 4 rings (SSSR count). The first-order valence-corrected chi connectivity index (χ1v) is 9.32. The van der Waals surface area contributed by atoms with Crippen molar-refractivity contribution in [2.75, 3.05) is 44.2 Å². The van der Waals surface area contributed by atoms with Crippen LogP contribution in [-0.2, 0) is 10.3 Å². The van der Waals surface area contributed by atoms with Crippen LogP contribution in [0.15, 0.2) is 36.8 Å². The number of anilines is 1. The molecule has 2 saturated heterocycles. The van der Waals surface area contributed by atoms with Crippen LogP contribution in [0.4, 0.5) is 5.82 Å². The summed E-state index contributed by atoms with van der Waals surface area (Å²) >= 11 is 0. The molecule has 1 N–H and O–H groups in total. The summed E-state index contributed by atoms with van der Waals surface area (Å²) in [7, 11) is 0. The lowest BCUT2D eigenvalue weighted by atomic mass is 9.86. The molecular weight excluding hydrogens is 401 g/mol. The highest BCUT2D eigenvalue weighted by Crippen LogP contribution is 2.30. The molecule has 154 valence electrons. The van der Waals surface area contributed by atoms with E-state index in [1.165, 1.54) is 0 Å². The first-order valence-electron chi connectivity index (χ1n) is 9.32. The van der Waals surface area contributed by atoms with Gasteiger partial charge in [0.2, 0.25) is 0 Å². The number of nitrogens with zero attached hydrogens (tertiary/aromatic N) is 6. The van der Waals surface area contributed by atoms with Crippen LogP contribution in [0.3, 0.4) is 0 Å². The number of carbonyl (C=O) groups excluding carboxylic acids is 1. The largest absolute Gasteiger partial charge is 0.353 e. The van der Waals surface area contributed by atoms with Crippen LogP contribution in [0.2, 0.25) is 0 Å². The normalized spacial score (nSPS) is 19.1. The molecule has 2 aliphatic heterocycles. The molecule has 1 amide bonds. The topological polar surface area (TPSA) is 79.2 Å². The maximum absolute atomic E-state index is 13.6. The van der Waals surface area contributed by atoms with Gasteiger partial charge < -0.3 is 15.1 Å². The van der Waals surface area contributed by atoms with Gasteiger partial charge in [-0.15, -0.1) is 29.9 Å². The summed E-state index contributed by atoms with van der Waals surface area (Å²) in [5, 5.41) is 16.0. The lowest BCUT2D eigenvalue weighted by Crippen LogP contribution is -2.56. The molecular formula is C18H27Cl2N7O. The van der Waals surface area contributed by atoms with Gasteiger partial charge >= 0.3 is 0 Å². The number of carbonyl (C=O) groups is 1. The number of amides is 1. The fourth-order valence-corrected chi connectivity index (χ4v) is 4.01. The van der Waals surface area contributed by atoms with E-state index in [9.17, 15) is 4.79 Å². The Morgan fingerprint density at radius 3 is 2.54 bits per heavy atom. The molecule has 28 heavy (non-hydrogen) atoms. The molecule has 4 heterocycles. The molecule has 2 aromatic heterocycles. The third-order valence-electron chi connectivity index (χ3n) is 5.44. The van der Waals surface area contributed by atoms with Crippen LogP contribution in [0, 0.1) is 0 Å². The summed E-state index contributed by atoms with van der Waals surface area (Å²) in [4.78, 5) is 17.8. The number of aromatic nitrogens is 4. The Morgan fingerprint density at radius 2 is 1.86 bits per heavy atom. The molecule has 0 aliphatic carbocycles.